The van der Waals surface area contributed by atoms with Gasteiger partial charge in [-0.3, -0.25) is 0 Å². The topological polar surface area (TPSA) is 114 Å². The van der Waals surface area contributed by atoms with Crippen molar-refractivity contribution >= 4 is 43.3 Å². The third-order valence-corrected chi connectivity index (χ3v) is 28.5. The van der Waals surface area contributed by atoms with Gasteiger partial charge in [-0.15, -0.1) is 0 Å². The molecule has 0 aliphatic carbocycles. The largest absolute Gasteiger partial charge is 2.00 e. The van der Waals surface area contributed by atoms with E-state index in [2.05, 4.69) is 13.8 Å². The van der Waals surface area contributed by atoms with E-state index >= 15 is 0 Å². The third kappa shape index (κ3) is 90.2. The molecule has 0 unspecified atom stereocenters. The Labute approximate surface area is 763 Å². The van der Waals surface area contributed by atoms with E-state index in [9.17, 15) is 25.9 Å². The first kappa shape index (κ1) is 118. The van der Waals surface area contributed by atoms with E-state index in [1.807, 2.05) is 12.1 Å². The van der Waals surface area contributed by atoms with Gasteiger partial charge in [0.15, 0.2) is 0 Å². The van der Waals surface area contributed by atoms with Crippen molar-refractivity contribution in [2.75, 3.05) is 0 Å². The van der Waals surface area contributed by atoms with E-state index < -0.39 is 20.2 Å². The second kappa shape index (κ2) is 97.6. The minimum atomic E-state index is -4.37. The Kier molecular flexibility index (Phi) is 96.8. The molecular weight excluding hydrogens is 1510 g/mol. The van der Waals surface area contributed by atoms with E-state index in [1.165, 1.54) is 590 Å². The van der Waals surface area contributed by atoms with E-state index in [-0.39, 0.29) is 32.8 Å². The van der Waals surface area contributed by atoms with Crippen molar-refractivity contribution in [3.63, 3.8) is 0 Å². The average Bonchev–Trinajstić information content (AvgIpc) is 0.845. The van der Waals surface area contributed by atoms with Crippen molar-refractivity contribution in [1.82, 2.24) is 0 Å². The Balaban J connectivity index is 0.00000232. The average molecular weight is 1710 g/mol. The molecule has 0 N–H and O–H groups in total. The molecule has 0 atom stereocenters. The smallest absolute Gasteiger partial charge is 0.744 e. The van der Waals surface area contributed by atoms with Gasteiger partial charge in [0.05, 0.1) is 9.79 Å². The van der Waals surface area contributed by atoms with Crippen LogP contribution in [0.2, 0.25) is 0 Å². The van der Waals surface area contributed by atoms with Crippen molar-refractivity contribution in [3.05, 3.63) is 59.7 Å². The van der Waals surface area contributed by atoms with Crippen molar-refractivity contribution in [1.29, 1.82) is 0 Å². The summed E-state index contributed by atoms with van der Waals surface area (Å²) in [6, 6.07) is 13.3. The van der Waals surface area contributed by atoms with E-state index in [0.717, 1.165) is 25.7 Å². The van der Waals surface area contributed by atoms with Crippen LogP contribution in [0, 0.1) is 0 Å². The zero-order valence-electron chi connectivity index (χ0n) is 80.5. The normalized spacial score (nSPS) is 11.8. The summed E-state index contributed by atoms with van der Waals surface area (Å²) in [5.41, 5.74) is 1.35. The van der Waals surface area contributed by atoms with Crippen LogP contribution in [0.5, 0.6) is 0 Å². The maximum absolute atomic E-state index is 11.4. The van der Waals surface area contributed by atoms with Gasteiger partial charge < -0.3 is 9.11 Å². The monoisotopic (exact) mass is 1710 g/mol. The van der Waals surface area contributed by atoms with E-state index in [0.29, 0.717) is 24.0 Å². The van der Waals surface area contributed by atoms with Crippen LogP contribution in [0.4, 0.5) is 0 Å². The van der Waals surface area contributed by atoms with Crippen LogP contribution in [-0.4, -0.2) is 49.0 Å². The zero-order chi connectivity index (χ0) is 84.8. The number of benzene rings is 2. The summed E-state index contributed by atoms with van der Waals surface area (Å²) in [7, 11) is -8.74. The van der Waals surface area contributed by atoms with Crippen LogP contribution in [0.3, 0.4) is 0 Å². The van der Waals surface area contributed by atoms with Gasteiger partial charge in [0, 0.05) is 0 Å². The predicted molar refractivity (Wildman–Crippen MR) is 527 cm³/mol. The zero-order valence-corrected chi connectivity index (χ0v) is 83.5. The summed E-state index contributed by atoms with van der Waals surface area (Å²) in [6.07, 6.45) is 136. The van der Waals surface area contributed by atoms with Gasteiger partial charge in [-0.2, -0.15) is 0 Å². The van der Waals surface area contributed by atoms with Crippen LogP contribution >= 0.6 is 0 Å². The number of hydrogen-bond acceptors (Lipinski definition) is 6. The fourth-order valence-electron chi connectivity index (χ4n) is 18.6. The molecule has 0 fully saturated rings. The molecule has 0 saturated carbocycles. The van der Waals surface area contributed by atoms with Crippen LogP contribution in [0.1, 0.15) is 629 Å². The maximum Gasteiger partial charge on any atom is 2.00 e. The van der Waals surface area contributed by atoms with Gasteiger partial charge in [0.1, 0.15) is 20.2 Å². The molecule has 2 aromatic rings. The molecule has 0 amide bonds. The Morgan fingerprint density at radius 3 is 0.353 bits per heavy atom. The second-order valence-corrected chi connectivity index (χ2v) is 40.8. The molecule has 0 saturated heterocycles. The molecule has 0 spiro atoms. The summed E-state index contributed by atoms with van der Waals surface area (Å²) in [5, 5.41) is 0. The van der Waals surface area contributed by atoms with Crippen molar-refractivity contribution in [2.24, 2.45) is 0 Å². The number of rotatable bonds is 98. The number of hydrogen-bond donors (Lipinski definition) is 0. The minimum absolute atomic E-state index is 0. The first-order valence-corrected chi connectivity index (χ1v) is 57.0. The van der Waals surface area contributed by atoms with Crippen molar-refractivity contribution < 1.29 is 25.9 Å². The fourth-order valence-corrected chi connectivity index (χ4v) is 20.1. The Morgan fingerprint density at radius 1 is 0.160 bits per heavy atom. The minimum Gasteiger partial charge on any atom is -0.744 e. The van der Waals surface area contributed by atoms with Gasteiger partial charge in [-0.25, -0.2) is 16.8 Å². The summed E-state index contributed by atoms with van der Waals surface area (Å²) >= 11 is 0. The Morgan fingerprint density at radius 2 is 0.252 bits per heavy atom. The molecule has 119 heavy (non-hydrogen) atoms. The van der Waals surface area contributed by atoms with Crippen LogP contribution in [-0.2, 0) is 33.1 Å². The number of unbranched alkanes of at least 4 members (excludes halogenated alkanes) is 92. The van der Waals surface area contributed by atoms with Gasteiger partial charge in [-0.05, 0) is 48.9 Å². The Bertz CT molecular complexity index is 2310. The standard InChI is InChI=1S/2C55H104O3S.Mg/c2*1-2-3-4-5-6-7-8-9-10-11-12-13-14-15-16-17-18-19-20-21-22-23-24-25-26-27-28-29-30-31-32-33-34-35-36-37-38-39-40-41-42-43-44-45-46-47-48-51-54-52-49-50-53-55(54)59(56,57)58;/h2*49-50,52-53H,2-48,51H2,1H3,(H,56,57,58);/q;;+2/p-2. The molecule has 0 heterocycles. The van der Waals surface area contributed by atoms with Crippen molar-refractivity contribution in [3.8, 4) is 0 Å². The van der Waals surface area contributed by atoms with Gasteiger partial charge in [-0.1, -0.05) is 641 Å². The summed E-state index contributed by atoms with van der Waals surface area (Å²) < 4.78 is 68.5. The van der Waals surface area contributed by atoms with E-state index in [1.54, 1.807) is 24.3 Å². The second-order valence-electron chi connectivity index (χ2n) is 38.2. The number of aryl methyl sites for hydroxylation is 2. The summed E-state index contributed by atoms with van der Waals surface area (Å²) in [6.45, 7) is 4.62. The quantitative estimate of drug-likeness (QED) is 0.0370. The van der Waals surface area contributed by atoms with Gasteiger partial charge >= 0.3 is 23.1 Å². The molecule has 0 bridgehead atoms. The molecule has 696 valence electrons. The van der Waals surface area contributed by atoms with Crippen LogP contribution < -0.4 is 0 Å². The first-order valence-electron chi connectivity index (χ1n) is 54.2. The Hall–Kier alpha value is -0.974. The SMILES string of the molecule is CCCCCCCCCCCCCCCCCCCCCCCCCCCCCCCCCCCCCCCCCCCCCCCCCc1ccccc1S(=O)(=O)[O-].CCCCCCCCCCCCCCCCCCCCCCCCCCCCCCCCCCCCCCCCCCCCCCCCCc1ccccc1S(=O)(=O)[O-].[Mg+2]. The summed E-state index contributed by atoms with van der Waals surface area (Å²) in [5.74, 6) is 0. The molecule has 0 aliphatic heterocycles. The third-order valence-electron chi connectivity index (χ3n) is 26.6. The molecular formula is C110H206MgO6S2. The molecule has 6 nitrogen and oxygen atoms in total. The van der Waals surface area contributed by atoms with E-state index in [4.69, 9.17) is 0 Å². The van der Waals surface area contributed by atoms with Gasteiger partial charge in [0.2, 0.25) is 0 Å². The molecule has 0 aliphatic rings. The first-order chi connectivity index (χ1) is 58.1. The maximum atomic E-state index is 11.4. The van der Waals surface area contributed by atoms with Crippen LogP contribution in [0.15, 0.2) is 58.3 Å². The van der Waals surface area contributed by atoms with Crippen LogP contribution in [0.25, 0.3) is 0 Å². The molecule has 9 heteroatoms. The molecule has 0 aromatic heterocycles. The van der Waals surface area contributed by atoms with Crippen molar-refractivity contribution in [2.45, 2.75) is 640 Å². The summed E-state index contributed by atoms with van der Waals surface area (Å²) in [4.78, 5) is -0.0789. The molecule has 2 rings (SSSR count). The van der Waals surface area contributed by atoms with Gasteiger partial charge in [0.25, 0.3) is 0 Å². The molecule has 0 radical (unpaired) electrons. The fraction of sp³-hybridized carbons (Fsp3) is 0.891. The predicted octanol–water partition coefficient (Wildman–Crippen LogP) is 38.6. The molecule has 2 aromatic carbocycles.